The molecule has 0 heterocycles. The second-order valence-electron chi connectivity index (χ2n) is 4.37. The molecule has 0 nitrogen and oxygen atoms in total. The van der Waals surface area contributed by atoms with Gasteiger partial charge in [0.1, 0.15) is 5.82 Å². The summed E-state index contributed by atoms with van der Waals surface area (Å²) in [5.41, 5.74) is 2.01. The Bertz CT molecular complexity index is 294. The van der Waals surface area contributed by atoms with Crippen molar-refractivity contribution in [1.82, 2.24) is 0 Å². The normalized spacial score (nSPS) is 11.8. The van der Waals surface area contributed by atoms with Gasteiger partial charge in [-0.3, -0.25) is 0 Å². The molecule has 72 valence electrons. The Morgan fingerprint density at radius 3 is 2.23 bits per heavy atom. The van der Waals surface area contributed by atoms with Crippen LogP contribution in [0, 0.1) is 5.82 Å². The van der Waals surface area contributed by atoms with Gasteiger partial charge in [0, 0.05) is 0 Å². The quantitative estimate of drug-likeness (QED) is 0.618. The van der Waals surface area contributed by atoms with Crippen LogP contribution in [0.4, 0.5) is 4.39 Å². The van der Waals surface area contributed by atoms with Crippen molar-refractivity contribution in [2.75, 3.05) is 0 Å². The summed E-state index contributed by atoms with van der Waals surface area (Å²) in [6.45, 7) is 8.33. The molecule has 0 saturated heterocycles. The van der Waals surface area contributed by atoms with Crippen molar-refractivity contribution in [2.45, 2.75) is 39.5 Å². The summed E-state index contributed by atoms with van der Waals surface area (Å²) in [5.74, 6) is -0.0741. The third-order valence-electron chi connectivity index (χ3n) is 2.28. The fraction of sp³-hybridized carbons (Fsp3) is 0.500. The maximum Gasteiger partial charge on any atom is 0.126 e. The number of hydrogen-bond acceptors (Lipinski definition) is 0. The number of rotatable bonds is 1. The first-order valence-corrected chi connectivity index (χ1v) is 4.74. The molecule has 0 aliphatic rings. The molecule has 1 heteroatoms. The lowest BCUT2D eigenvalue weighted by atomic mass is 9.83. The Morgan fingerprint density at radius 1 is 1.23 bits per heavy atom. The van der Waals surface area contributed by atoms with Crippen LogP contribution in [-0.2, 0) is 11.8 Å². The van der Waals surface area contributed by atoms with Crippen LogP contribution in [-0.4, -0.2) is 0 Å². The van der Waals surface area contributed by atoms with Crippen LogP contribution in [0.1, 0.15) is 38.8 Å². The molecule has 1 rings (SSSR count). The molecular weight excluding hydrogens is 163 g/mol. The molecule has 0 radical (unpaired) electrons. The van der Waals surface area contributed by atoms with Crippen molar-refractivity contribution in [3.8, 4) is 0 Å². The highest BCUT2D eigenvalue weighted by molar-refractivity contribution is 5.33. The van der Waals surface area contributed by atoms with Crippen LogP contribution in [0.25, 0.3) is 0 Å². The van der Waals surface area contributed by atoms with E-state index in [1.54, 1.807) is 6.07 Å². The van der Waals surface area contributed by atoms with Gasteiger partial charge in [0.15, 0.2) is 0 Å². The van der Waals surface area contributed by atoms with Gasteiger partial charge >= 0.3 is 0 Å². The van der Waals surface area contributed by atoms with E-state index in [1.807, 2.05) is 13.0 Å². The van der Waals surface area contributed by atoms with Gasteiger partial charge in [-0.15, -0.1) is 0 Å². The van der Waals surface area contributed by atoms with Gasteiger partial charge in [0.05, 0.1) is 0 Å². The van der Waals surface area contributed by atoms with Crippen LogP contribution in [0.5, 0.6) is 0 Å². The van der Waals surface area contributed by atoms with Crippen molar-refractivity contribution in [3.05, 3.63) is 35.1 Å². The lowest BCUT2D eigenvalue weighted by Crippen LogP contribution is -2.14. The molecule has 0 N–H and O–H groups in total. The van der Waals surface area contributed by atoms with Gasteiger partial charge in [0.2, 0.25) is 0 Å². The third kappa shape index (κ3) is 2.09. The zero-order chi connectivity index (χ0) is 10.1. The smallest absolute Gasteiger partial charge is 0.126 e. The zero-order valence-corrected chi connectivity index (χ0v) is 8.82. The highest BCUT2D eigenvalue weighted by Crippen LogP contribution is 2.27. The van der Waals surface area contributed by atoms with Crippen molar-refractivity contribution in [2.24, 2.45) is 0 Å². The molecule has 0 saturated carbocycles. The van der Waals surface area contributed by atoms with Gasteiger partial charge in [-0.1, -0.05) is 39.8 Å². The van der Waals surface area contributed by atoms with E-state index in [-0.39, 0.29) is 11.2 Å². The topological polar surface area (TPSA) is 0 Å². The number of hydrogen-bond donors (Lipinski definition) is 0. The summed E-state index contributed by atoms with van der Waals surface area (Å²) >= 11 is 0. The highest BCUT2D eigenvalue weighted by atomic mass is 19.1. The van der Waals surface area contributed by atoms with E-state index in [0.29, 0.717) is 0 Å². The summed E-state index contributed by atoms with van der Waals surface area (Å²) in [6, 6.07) is 5.34. The fourth-order valence-electron chi connectivity index (χ4n) is 1.62. The van der Waals surface area contributed by atoms with Crippen LogP contribution in [0.2, 0.25) is 0 Å². The average molecular weight is 180 g/mol. The van der Waals surface area contributed by atoms with E-state index in [1.165, 1.54) is 6.07 Å². The van der Waals surface area contributed by atoms with Gasteiger partial charge in [-0.2, -0.15) is 0 Å². The van der Waals surface area contributed by atoms with Gasteiger partial charge in [-0.05, 0) is 29.0 Å². The predicted octanol–water partition coefficient (Wildman–Crippen LogP) is 3.69. The second kappa shape index (κ2) is 3.49. The Morgan fingerprint density at radius 2 is 1.85 bits per heavy atom. The summed E-state index contributed by atoms with van der Waals surface area (Å²) < 4.78 is 13.4. The molecule has 0 amide bonds. The molecule has 0 aliphatic heterocycles. The lowest BCUT2D eigenvalue weighted by Gasteiger charge is -2.22. The van der Waals surface area contributed by atoms with E-state index in [4.69, 9.17) is 0 Å². The van der Waals surface area contributed by atoms with E-state index < -0.39 is 0 Å². The monoisotopic (exact) mass is 180 g/mol. The van der Waals surface area contributed by atoms with Crippen LogP contribution in [0.15, 0.2) is 18.2 Å². The number of benzene rings is 1. The van der Waals surface area contributed by atoms with Crippen molar-refractivity contribution in [3.63, 3.8) is 0 Å². The van der Waals surface area contributed by atoms with Crippen LogP contribution >= 0.6 is 0 Å². The summed E-state index contributed by atoms with van der Waals surface area (Å²) in [7, 11) is 0. The molecule has 0 aliphatic carbocycles. The fourth-order valence-corrected chi connectivity index (χ4v) is 1.62. The van der Waals surface area contributed by atoms with Crippen LogP contribution in [0.3, 0.4) is 0 Å². The molecule has 1 aromatic rings. The van der Waals surface area contributed by atoms with Crippen molar-refractivity contribution >= 4 is 0 Å². The summed E-state index contributed by atoms with van der Waals surface area (Å²) in [4.78, 5) is 0. The third-order valence-corrected chi connectivity index (χ3v) is 2.28. The summed E-state index contributed by atoms with van der Waals surface area (Å²) in [5, 5.41) is 0. The molecule has 0 unspecified atom stereocenters. The van der Waals surface area contributed by atoms with Gasteiger partial charge in [-0.25, -0.2) is 4.39 Å². The molecule has 0 aromatic heterocycles. The minimum absolute atomic E-state index is 0.0352. The first-order chi connectivity index (χ1) is 5.96. The molecule has 0 bridgehead atoms. The first kappa shape index (κ1) is 10.2. The molecule has 1 aromatic carbocycles. The van der Waals surface area contributed by atoms with Crippen molar-refractivity contribution in [1.29, 1.82) is 0 Å². The van der Waals surface area contributed by atoms with E-state index in [2.05, 4.69) is 20.8 Å². The molecule has 0 fully saturated rings. The molecule has 0 spiro atoms. The maximum absolute atomic E-state index is 13.4. The Kier molecular flexibility index (Phi) is 2.74. The van der Waals surface area contributed by atoms with E-state index >= 15 is 0 Å². The molecular formula is C12H17F. The SMILES string of the molecule is CCc1c(F)cccc1C(C)(C)C. The average Bonchev–Trinajstić information content (AvgIpc) is 2.02. The largest absolute Gasteiger partial charge is 0.207 e. The second-order valence-corrected chi connectivity index (χ2v) is 4.37. The minimum atomic E-state index is -0.0741. The van der Waals surface area contributed by atoms with Gasteiger partial charge in [0.25, 0.3) is 0 Å². The Hall–Kier alpha value is -0.850. The van der Waals surface area contributed by atoms with Crippen molar-refractivity contribution < 1.29 is 4.39 Å². The Labute approximate surface area is 79.8 Å². The van der Waals surface area contributed by atoms with E-state index in [0.717, 1.165) is 17.5 Å². The standard InChI is InChI=1S/C12H17F/c1-5-9-10(12(2,3)4)7-6-8-11(9)13/h6-8H,5H2,1-4H3. The highest BCUT2D eigenvalue weighted by Gasteiger charge is 2.18. The predicted molar refractivity (Wildman–Crippen MR) is 54.5 cm³/mol. The molecule has 13 heavy (non-hydrogen) atoms. The first-order valence-electron chi connectivity index (χ1n) is 4.74. The Balaban J connectivity index is 3.29. The minimum Gasteiger partial charge on any atom is -0.207 e. The summed E-state index contributed by atoms with van der Waals surface area (Å²) in [6.07, 6.45) is 0.763. The molecule has 0 atom stereocenters. The maximum atomic E-state index is 13.4. The zero-order valence-electron chi connectivity index (χ0n) is 8.82. The number of halogens is 1. The lowest BCUT2D eigenvalue weighted by molar-refractivity contribution is 0.556. The van der Waals surface area contributed by atoms with Crippen LogP contribution < -0.4 is 0 Å². The van der Waals surface area contributed by atoms with Gasteiger partial charge < -0.3 is 0 Å². The van der Waals surface area contributed by atoms with E-state index in [9.17, 15) is 4.39 Å².